The topological polar surface area (TPSA) is 77.6 Å². The van der Waals surface area contributed by atoms with Gasteiger partial charge in [0.15, 0.2) is 0 Å². The maximum atomic E-state index is 12.4. The molecule has 1 atom stereocenters. The molecule has 0 aliphatic heterocycles. The molecule has 25 heavy (non-hydrogen) atoms. The third-order valence-electron chi connectivity index (χ3n) is 4.90. The molecule has 0 spiro atoms. The molecule has 1 saturated carbocycles. The first kappa shape index (κ1) is 15.8. The Morgan fingerprint density at radius 3 is 2.96 bits per heavy atom. The number of amides is 1. The maximum absolute atomic E-state index is 12.4. The molecule has 1 amide bonds. The first-order valence-corrected chi connectivity index (χ1v) is 8.75. The highest BCUT2D eigenvalue weighted by molar-refractivity contribution is 5.90. The minimum Gasteiger partial charge on any atom is -0.311 e. The van der Waals surface area contributed by atoms with Crippen molar-refractivity contribution >= 4 is 22.8 Å². The van der Waals surface area contributed by atoms with Crippen molar-refractivity contribution < 1.29 is 4.79 Å². The number of hydrogen-bond acceptors (Lipinski definition) is 4. The summed E-state index contributed by atoms with van der Waals surface area (Å²) in [5.41, 5.74) is 2.78. The average molecular weight is 338 g/mol. The molecule has 2 aromatic heterocycles. The Bertz CT molecular complexity index is 907. The van der Waals surface area contributed by atoms with Crippen molar-refractivity contribution in [2.75, 3.05) is 5.32 Å². The van der Waals surface area contributed by atoms with Crippen LogP contribution >= 0.6 is 0 Å². The van der Waals surface area contributed by atoms with Crippen molar-refractivity contribution in [3.63, 3.8) is 0 Å². The normalized spacial score (nSPS) is 15.4. The number of hydrogen-bond donors (Lipinski definition) is 1. The summed E-state index contributed by atoms with van der Waals surface area (Å²) >= 11 is 0. The van der Waals surface area contributed by atoms with Crippen molar-refractivity contribution in [2.45, 2.75) is 45.7 Å². The number of carbonyl (C=O) groups excluding carboxylic acids is 1. The number of nitrogens with one attached hydrogen (secondary N) is 1. The second-order valence-corrected chi connectivity index (χ2v) is 6.80. The highest BCUT2D eigenvalue weighted by atomic mass is 16.1. The van der Waals surface area contributed by atoms with Gasteiger partial charge in [-0.1, -0.05) is 17.3 Å². The molecule has 1 N–H and O–H groups in total. The molecular formula is C18H22N6O. The molecular weight excluding hydrogens is 316 g/mol. The molecule has 0 saturated heterocycles. The van der Waals surface area contributed by atoms with E-state index in [0.717, 1.165) is 22.4 Å². The standard InChI is InChI=1S/C18H22N6O/c1-12-11-19-24(13(2)14-7-8-14)18(12)20-17(25)9-10-23-16-6-4-3-5-15(16)21-22-23/h3-6,11,13-14H,7-10H2,1-2H3,(H,20,25)/t13-/m0/s1. The number of para-hydroxylation sites is 1. The van der Waals surface area contributed by atoms with Crippen molar-refractivity contribution in [1.29, 1.82) is 0 Å². The van der Waals surface area contributed by atoms with Gasteiger partial charge < -0.3 is 5.32 Å². The summed E-state index contributed by atoms with van der Waals surface area (Å²) in [6, 6.07) is 8.08. The zero-order chi connectivity index (χ0) is 17.4. The molecule has 0 radical (unpaired) electrons. The summed E-state index contributed by atoms with van der Waals surface area (Å²) in [5, 5.41) is 15.7. The zero-order valence-electron chi connectivity index (χ0n) is 14.5. The fourth-order valence-electron chi connectivity index (χ4n) is 3.18. The van der Waals surface area contributed by atoms with Crippen LogP contribution in [0.2, 0.25) is 0 Å². The molecule has 7 heteroatoms. The zero-order valence-corrected chi connectivity index (χ0v) is 14.5. The molecule has 4 rings (SSSR count). The number of carbonyl (C=O) groups is 1. The van der Waals surface area contributed by atoms with Crippen LogP contribution in [0.1, 0.15) is 37.8 Å². The fraction of sp³-hybridized carbons (Fsp3) is 0.444. The molecule has 1 aliphatic rings. The third-order valence-corrected chi connectivity index (χ3v) is 4.90. The van der Waals surface area contributed by atoms with Gasteiger partial charge in [-0.3, -0.25) is 4.79 Å². The van der Waals surface area contributed by atoms with E-state index in [9.17, 15) is 4.79 Å². The number of benzene rings is 1. The number of nitrogens with zero attached hydrogens (tertiary/aromatic N) is 5. The number of aryl methyl sites for hydroxylation is 2. The minimum atomic E-state index is -0.0348. The largest absolute Gasteiger partial charge is 0.311 e. The number of aromatic nitrogens is 5. The predicted molar refractivity (Wildman–Crippen MR) is 95.2 cm³/mol. The van der Waals surface area contributed by atoms with E-state index in [0.29, 0.717) is 24.9 Å². The Hall–Kier alpha value is -2.70. The van der Waals surface area contributed by atoms with E-state index in [1.54, 1.807) is 4.68 Å². The Kier molecular flexibility index (Phi) is 3.99. The van der Waals surface area contributed by atoms with Gasteiger partial charge in [0.2, 0.25) is 5.91 Å². The van der Waals surface area contributed by atoms with Gasteiger partial charge >= 0.3 is 0 Å². The molecule has 2 heterocycles. The lowest BCUT2D eigenvalue weighted by molar-refractivity contribution is -0.116. The van der Waals surface area contributed by atoms with E-state index in [-0.39, 0.29) is 5.91 Å². The van der Waals surface area contributed by atoms with Gasteiger partial charge in [0.25, 0.3) is 0 Å². The first-order valence-electron chi connectivity index (χ1n) is 8.75. The highest BCUT2D eigenvalue weighted by Crippen LogP contribution is 2.40. The van der Waals surface area contributed by atoms with Gasteiger partial charge in [0, 0.05) is 12.0 Å². The van der Waals surface area contributed by atoms with Crippen molar-refractivity contribution in [3.05, 3.63) is 36.0 Å². The molecule has 3 aromatic rings. The van der Waals surface area contributed by atoms with E-state index < -0.39 is 0 Å². The SMILES string of the molecule is Cc1cnn([C@@H](C)C2CC2)c1NC(=O)CCn1nnc2ccccc21. The summed E-state index contributed by atoms with van der Waals surface area (Å²) in [6.45, 7) is 4.64. The molecule has 1 fully saturated rings. The summed E-state index contributed by atoms with van der Waals surface area (Å²) in [5.74, 6) is 1.46. The van der Waals surface area contributed by atoms with Crippen LogP contribution in [0.25, 0.3) is 11.0 Å². The molecule has 1 aliphatic carbocycles. The highest BCUT2D eigenvalue weighted by Gasteiger charge is 2.31. The summed E-state index contributed by atoms with van der Waals surface area (Å²) in [4.78, 5) is 12.4. The van der Waals surface area contributed by atoms with E-state index in [4.69, 9.17) is 0 Å². The third kappa shape index (κ3) is 3.14. The number of anilines is 1. The van der Waals surface area contributed by atoms with Crippen LogP contribution in [-0.4, -0.2) is 30.7 Å². The van der Waals surface area contributed by atoms with Crippen molar-refractivity contribution in [3.8, 4) is 0 Å². The van der Waals surface area contributed by atoms with Crippen LogP contribution in [-0.2, 0) is 11.3 Å². The van der Waals surface area contributed by atoms with E-state index in [1.165, 1.54) is 12.8 Å². The van der Waals surface area contributed by atoms with Gasteiger partial charge in [-0.2, -0.15) is 5.10 Å². The van der Waals surface area contributed by atoms with Gasteiger partial charge in [-0.05, 0) is 44.7 Å². The van der Waals surface area contributed by atoms with Crippen LogP contribution in [0.15, 0.2) is 30.5 Å². The second-order valence-electron chi connectivity index (χ2n) is 6.80. The predicted octanol–water partition coefficient (Wildman–Crippen LogP) is 2.94. The number of fused-ring (bicyclic) bond motifs is 1. The summed E-state index contributed by atoms with van der Waals surface area (Å²) in [6.07, 6.45) is 4.65. The van der Waals surface area contributed by atoms with E-state index in [2.05, 4.69) is 27.7 Å². The molecule has 130 valence electrons. The fourth-order valence-corrected chi connectivity index (χ4v) is 3.18. The molecule has 1 aromatic carbocycles. The lowest BCUT2D eigenvalue weighted by atomic mass is 10.2. The van der Waals surface area contributed by atoms with Gasteiger partial charge in [0.05, 0.1) is 24.3 Å². The average Bonchev–Trinajstić information content (AvgIpc) is 3.30. The Morgan fingerprint density at radius 2 is 2.16 bits per heavy atom. The quantitative estimate of drug-likeness (QED) is 0.749. The van der Waals surface area contributed by atoms with E-state index >= 15 is 0 Å². The van der Waals surface area contributed by atoms with Gasteiger partial charge in [-0.25, -0.2) is 9.36 Å². The van der Waals surface area contributed by atoms with Gasteiger partial charge in [0.1, 0.15) is 11.3 Å². The van der Waals surface area contributed by atoms with Crippen LogP contribution in [0.5, 0.6) is 0 Å². The Labute approximate surface area is 146 Å². The maximum Gasteiger partial charge on any atom is 0.227 e. The lowest BCUT2D eigenvalue weighted by Crippen LogP contribution is -2.20. The van der Waals surface area contributed by atoms with Gasteiger partial charge in [-0.15, -0.1) is 5.10 Å². The monoisotopic (exact) mass is 338 g/mol. The van der Waals surface area contributed by atoms with Crippen LogP contribution in [0.3, 0.4) is 0 Å². The van der Waals surface area contributed by atoms with Crippen molar-refractivity contribution in [2.24, 2.45) is 5.92 Å². The van der Waals surface area contributed by atoms with Crippen LogP contribution in [0.4, 0.5) is 5.82 Å². The second kappa shape index (κ2) is 6.31. The van der Waals surface area contributed by atoms with Crippen LogP contribution in [0, 0.1) is 12.8 Å². The molecule has 0 bridgehead atoms. The Morgan fingerprint density at radius 1 is 1.36 bits per heavy atom. The smallest absolute Gasteiger partial charge is 0.227 e. The Balaban J connectivity index is 1.43. The lowest BCUT2D eigenvalue weighted by Gasteiger charge is -2.16. The first-order chi connectivity index (χ1) is 12.1. The molecule has 7 nitrogen and oxygen atoms in total. The van der Waals surface area contributed by atoms with Crippen molar-refractivity contribution in [1.82, 2.24) is 24.8 Å². The number of rotatable bonds is 6. The van der Waals surface area contributed by atoms with Crippen LogP contribution < -0.4 is 5.32 Å². The summed E-state index contributed by atoms with van der Waals surface area (Å²) in [7, 11) is 0. The molecule has 0 unspecified atom stereocenters. The summed E-state index contributed by atoms with van der Waals surface area (Å²) < 4.78 is 3.72. The minimum absolute atomic E-state index is 0.0348. The van der Waals surface area contributed by atoms with E-state index in [1.807, 2.05) is 42.1 Å².